The van der Waals surface area contributed by atoms with Crippen LogP contribution in [-0.4, -0.2) is 101 Å². The summed E-state index contributed by atoms with van der Waals surface area (Å²) in [5.41, 5.74) is -4.49. The zero-order valence-corrected chi connectivity index (χ0v) is 39.0. The first-order chi connectivity index (χ1) is 31.9. The summed E-state index contributed by atoms with van der Waals surface area (Å²) in [5, 5.41) is 16.8. The number of amides is 4. The number of benzene rings is 6. The number of carbonyl (C=O) groups is 3. The van der Waals surface area contributed by atoms with Crippen molar-refractivity contribution >= 4 is 129 Å². The number of aryl methyl sites for hydroxylation is 1. The van der Waals surface area contributed by atoms with E-state index in [4.69, 9.17) is 0 Å². The molecule has 34 heteroatoms. The Morgan fingerprint density at radius 2 is 0.814 bits per heavy atom. The first kappa shape index (κ1) is 52.3. The number of anilines is 4. The third-order valence-electron chi connectivity index (χ3n) is 9.54. The van der Waals surface area contributed by atoms with E-state index >= 15 is 0 Å². The van der Waals surface area contributed by atoms with Gasteiger partial charge in [-0.05, 0) is 90.5 Å². The molecule has 0 unspecified atom stereocenters. The fourth-order valence-electron chi connectivity index (χ4n) is 6.57. The van der Waals surface area contributed by atoms with Crippen molar-refractivity contribution in [3.8, 4) is 0 Å². The van der Waals surface area contributed by atoms with Gasteiger partial charge in [-0.3, -0.25) is 47.0 Å². The standard InChI is InChI=1S/C36H27N5O23S6/c1-16-2-3-21(11-29(16)41(45)46)37-36(44)38-22-5-19(34(42)39-27-12-23(65(47,48)49)7-17-9-25(67(53,54)55)14-30(32(17)27)69(59,60)61)4-20(6-22)35(43)40-28-13-24(66(50,51)52)8-18-10-26(68(56,57)58)15-31(33(18)28)70(62,63)64/h2-15H,1H3,(H,39,42)(H,40,43)(H2,37,38,44)(H,47,48,49)(H,50,51,52)(H,53,54,55)(H,56,57,58)(H,59,60,61)(H,62,63,64). The van der Waals surface area contributed by atoms with Crippen molar-refractivity contribution in [1.82, 2.24) is 0 Å². The topological polar surface area (TPSA) is 469 Å². The van der Waals surface area contributed by atoms with Crippen LogP contribution < -0.4 is 21.3 Å². The third-order valence-corrected chi connectivity index (χ3v) is 14.6. The van der Waals surface area contributed by atoms with Gasteiger partial charge in [-0.1, -0.05) is 6.07 Å². The van der Waals surface area contributed by atoms with Crippen molar-refractivity contribution < 1.29 is 97.1 Å². The van der Waals surface area contributed by atoms with Crippen molar-refractivity contribution in [2.75, 3.05) is 21.3 Å². The molecule has 4 amide bonds. The maximum absolute atomic E-state index is 14.1. The highest BCUT2D eigenvalue weighted by Gasteiger charge is 2.29. The summed E-state index contributed by atoms with van der Waals surface area (Å²) in [6, 6.07) is 7.62. The predicted molar refractivity (Wildman–Crippen MR) is 240 cm³/mol. The van der Waals surface area contributed by atoms with Gasteiger partial charge in [0.15, 0.2) is 0 Å². The maximum atomic E-state index is 14.1. The number of hydrogen-bond donors (Lipinski definition) is 10. The summed E-state index contributed by atoms with van der Waals surface area (Å²) in [7, 11) is -32.5. The summed E-state index contributed by atoms with van der Waals surface area (Å²) in [5.74, 6) is -3.02. The van der Waals surface area contributed by atoms with E-state index in [1.54, 1.807) is 0 Å². The maximum Gasteiger partial charge on any atom is 0.323 e. The quantitative estimate of drug-likeness (QED) is 0.0446. The van der Waals surface area contributed by atoms with Crippen LogP contribution in [0, 0.1) is 17.0 Å². The molecule has 6 aromatic carbocycles. The van der Waals surface area contributed by atoms with Gasteiger partial charge in [-0.2, -0.15) is 50.5 Å². The molecule has 0 atom stereocenters. The molecule has 0 aliphatic rings. The van der Waals surface area contributed by atoms with Crippen LogP contribution in [0.3, 0.4) is 0 Å². The Kier molecular flexibility index (Phi) is 13.5. The molecule has 6 rings (SSSR count). The monoisotopic (exact) mass is 1090 g/mol. The highest BCUT2D eigenvalue weighted by atomic mass is 32.2. The summed E-state index contributed by atoms with van der Waals surface area (Å²) in [6.07, 6.45) is 0. The van der Waals surface area contributed by atoms with Crippen molar-refractivity contribution in [3.63, 3.8) is 0 Å². The highest BCUT2D eigenvalue weighted by Crippen LogP contribution is 2.38. The van der Waals surface area contributed by atoms with Gasteiger partial charge < -0.3 is 21.3 Å². The van der Waals surface area contributed by atoms with E-state index in [0.717, 1.165) is 18.2 Å². The molecule has 370 valence electrons. The zero-order chi connectivity index (χ0) is 52.4. The van der Waals surface area contributed by atoms with Crippen LogP contribution in [0.2, 0.25) is 0 Å². The molecule has 70 heavy (non-hydrogen) atoms. The highest BCUT2D eigenvalue weighted by molar-refractivity contribution is 7.87. The van der Waals surface area contributed by atoms with Crippen LogP contribution in [0.4, 0.5) is 33.2 Å². The largest absolute Gasteiger partial charge is 0.323 e. The molecule has 0 saturated carbocycles. The SMILES string of the molecule is Cc1ccc(NC(=O)Nc2cc(C(=O)Nc3cc(S(=O)(=O)O)cc4cc(S(=O)(=O)O)cc(S(=O)(=O)O)c34)cc(C(=O)Nc3cc(S(=O)(=O)O)cc4cc(S(=O)(=O)O)cc(S(=O)(=O)O)c34)c2)cc1[N+](=O)[O-]. The summed E-state index contributed by atoms with van der Waals surface area (Å²) in [6.45, 7) is 1.38. The van der Waals surface area contributed by atoms with Gasteiger partial charge in [-0.15, -0.1) is 0 Å². The molecule has 0 fully saturated rings. The number of rotatable bonds is 13. The molecule has 0 aliphatic heterocycles. The van der Waals surface area contributed by atoms with Crippen molar-refractivity contribution in [1.29, 1.82) is 0 Å². The fraction of sp³-hybridized carbons (Fsp3) is 0.0278. The van der Waals surface area contributed by atoms with E-state index < -0.39 is 168 Å². The van der Waals surface area contributed by atoms with E-state index in [1.807, 2.05) is 10.6 Å². The molecular weight excluding hydrogens is 1060 g/mol. The average Bonchev–Trinajstić information content (AvgIpc) is 3.21. The normalized spacial score (nSPS) is 12.6. The van der Waals surface area contributed by atoms with Crippen LogP contribution in [0.25, 0.3) is 21.5 Å². The minimum atomic E-state index is -5.57. The lowest BCUT2D eigenvalue weighted by molar-refractivity contribution is -0.385. The first-order valence-corrected chi connectivity index (χ1v) is 26.8. The molecule has 0 radical (unpaired) electrons. The molecule has 6 aromatic rings. The lowest BCUT2D eigenvalue weighted by Gasteiger charge is -2.17. The minimum Gasteiger partial charge on any atom is -0.321 e. The second kappa shape index (κ2) is 18.0. The number of hydrogen-bond acceptors (Lipinski definition) is 17. The Hall–Kier alpha value is -7.09. The second-order valence-electron chi connectivity index (χ2n) is 14.4. The van der Waals surface area contributed by atoms with Crippen molar-refractivity contribution in [2.45, 2.75) is 36.3 Å². The van der Waals surface area contributed by atoms with Crippen LogP contribution in [0.15, 0.2) is 114 Å². The minimum absolute atomic E-state index is 0.181. The van der Waals surface area contributed by atoms with Crippen LogP contribution >= 0.6 is 0 Å². The molecular formula is C36H27N5O23S6. The molecule has 0 heterocycles. The Balaban J connectivity index is 1.56. The van der Waals surface area contributed by atoms with Gasteiger partial charge in [0.25, 0.3) is 78.2 Å². The van der Waals surface area contributed by atoms with Crippen LogP contribution in [-0.2, 0) is 60.7 Å². The summed E-state index contributed by atoms with van der Waals surface area (Å²) >= 11 is 0. The number of fused-ring (bicyclic) bond motifs is 2. The smallest absolute Gasteiger partial charge is 0.321 e. The van der Waals surface area contributed by atoms with Gasteiger partial charge >= 0.3 is 6.03 Å². The first-order valence-electron chi connectivity index (χ1n) is 18.1. The number of nitro benzene ring substituents is 1. The second-order valence-corrected chi connectivity index (χ2v) is 22.8. The van der Waals surface area contributed by atoms with Crippen LogP contribution in [0.5, 0.6) is 0 Å². The molecule has 0 aliphatic carbocycles. The zero-order valence-electron chi connectivity index (χ0n) is 34.1. The lowest BCUT2D eigenvalue weighted by Crippen LogP contribution is -2.22. The molecule has 28 nitrogen and oxygen atoms in total. The molecule has 0 saturated heterocycles. The van der Waals surface area contributed by atoms with E-state index in [-0.39, 0.29) is 23.4 Å². The molecule has 10 N–H and O–H groups in total. The van der Waals surface area contributed by atoms with Gasteiger partial charge in [0.1, 0.15) is 9.79 Å². The van der Waals surface area contributed by atoms with Gasteiger partial charge in [0.2, 0.25) is 0 Å². The summed E-state index contributed by atoms with van der Waals surface area (Å²) < 4.78 is 207. The number of nitrogens with zero attached hydrogens (tertiary/aromatic N) is 1. The average molecular weight is 1090 g/mol. The Bertz CT molecular complexity index is 3820. The third kappa shape index (κ3) is 11.5. The molecule has 0 aromatic heterocycles. The number of nitro groups is 1. The van der Waals surface area contributed by atoms with E-state index in [9.17, 15) is 102 Å². The van der Waals surface area contributed by atoms with Crippen molar-refractivity contribution in [2.24, 2.45) is 0 Å². The predicted octanol–water partition coefficient (Wildman–Crippen LogP) is 3.84. The Morgan fingerprint density at radius 3 is 1.16 bits per heavy atom. The van der Waals surface area contributed by atoms with Gasteiger partial charge in [-0.25, -0.2) is 4.79 Å². The molecule has 0 spiro atoms. The van der Waals surface area contributed by atoms with Gasteiger partial charge in [0.05, 0.1) is 35.9 Å². The van der Waals surface area contributed by atoms with Crippen LogP contribution in [0.1, 0.15) is 26.3 Å². The lowest BCUT2D eigenvalue weighted by atomic mass is 10.1. The van der Waals surface area contributed by atoms with E-state index in [2.05, 4.69) is 10.6 Å². The van der Waals surface area contributed by atoms with E-state index in [1.165, 1.54) is 19.1 Å². The van der Waals surface area contributed by atoms with Crippen molar-refractivity contribution in [3.05, 3.63) is 112 Å². The Morgan fingerprint density at radius 1 is 0.457 bits per heavy atom. The van der Waals surface area contributed by atoms with Gasteiger partial charge in [0, 0.05) is 44.9 Å². The van der Waals surface area contributed by atoms with E-state index in [0.29, 0.717) is 42.5 Å². The Labute approximate surface area is 393 Å². The number of nitrogens with one attached hydrogen (secondary N) is 4. The molecule has 0 bridgehead atoms. The number of urea groups is 1. The number of carbonyl (C=O) groups excluding carboxylic acids is 3. The fourth-order valence-corrected chi connectivity index (χ4v) is 10.4. The summed E-state index contributed by atoms with van der Waals surface area (Å²) in [4.78, 5) is 44.8.